The summed E-state index contributed by atoms with van der Waals surface area (Å²) in [7, 11) is 1.70. The summed E-state index contributed by atoms with van der Waals surface area (Å²) in [4.78, 5) is 11.6. The minimum Gasteiger partial charge on any atom is -0.480 e. The Balaban J connectivity index is 2.33. The first kappa shape index (κ1) is 14.1. The Morgan fingerprint density at radius 1 is 1.43 bits per heavy atom. The number of nitrogens with zero attached hydrogens (tertiary/aromatic N) is 1. The number of carboxylic acid groups (broad SMARTS) is 1. The highest BCUT2D eigenvalue weighted by atomic mass is 16.4. The quantitative estimate of drug-likeness (QED) is 0.804. The van der Waals surface area contributed by atoms with Gasteiger partial charge in [0, 0.05) is 41.8 Å². The van der Waals surface area contributed by atoms with Gasteiger partial charge in [-0.15, -0.1) is 0 Å². The zero-order valence-corrected chi connectivity index (χ0v) is 12.7. The number of nitrogens with one attached hydrogen (secondary N) is 2. The molecule has 0 saturated carbocycles. The van der Waals surface area contributed by atoms with Crippen LogP contribution in [0.5, 0.6) is 0 Å². The first-order valence-corrected chi connectivity index (χ1v) is 7.33. The van der Waals surface area contributed by atoms with Crippen molar-refractivity contribution in [1.29, 1.82) is 0 Å². The lowest BCUT2D eigenvalue weighted by Gasteiger charge is -2.12. The van der Waals surface area contributed by atoms with Crippen molar-refractivity contribution in [2.75, 3.05) is 7.05 Å². The predicted octanol–water partition coefficient (Wildman–Crippen LogP) is 1.92. The number of likely N-dealkylation sites (N-methyl/N-ethyl adjacent to an activating group) is 1. The number of aliphatic carboxylic acids is 1. The van der Waals surface area contributed by atoms with E-state index in [2.05, 4.69) is 34.3 Å². The molecular weight excluding hydrogens is 266 g/mol. The number of carboxylic acids is 1. The van der Waals surface area contributed by atoms with Crippen LogP contribution in [0.3, 0.4) is 0 Å². The van der Waals surface area contributed by atoms with Crippen LogP contribution in [0, 0.1) is 6.92 Å². The van der Waals surface area contributed by atoms with Gasteiger partial charge in [0.05, 0.1) is 0 Å². The molecule has 0 radical (unpaired) electrons. The number of aromatic nitrogens is 1. The molecular formula is C16H21N3O2. The Kier molecular flexibility index (Phi) is 3.47. The van der Waals surface area contributed by atoms with Crippen LogP contribution < -0.4 is 10.6 Å². The van der Waals surface area contributed by atoms with E-state index in [-0.39, 0.29) is 0 Å². The fourth-order valence-corrected chi connectivity index (χ4v) is 3.46. The van der Waals surface area contributed by atoms with Crippen LogP contribution in [0.25, 0.3) is 10.9 Å². The molecule has 0 bridgehead atoms. The maximum atomic E-state index is 11.6. The number of hydrogen-bond donors (Lipinski definition) is 3. The van der Waals surface area contributed by atoms with E-state index in [1.165, 1.54) is 11.1 Å². The van der Waals surface area contributed by atoms with Crippen molar-refractivity contribution in [2.45, 2.75) is 39.5 Å². The van der Waals surface area contributed by atoms with Gasteiger partial charge in [-0.05, 0) is 44.2 Å². The zero-order chi connectivity index (χ0) is 15.1. The topological polar surface area (TPSA) is 66.3 Å². The molecule has 2 aromatic rings. The lowest BCUT2D eigenvalue weighted by Crippen LogP contribution is -2.25. The SMILES string of the molecule is CCn1c(C)c(C(NC)C(=O)O)c2cc3c(cc21)CNC3. The van der Waals surface area contributed by atoms with E-state index < -0.39 is 12.0 Å². The molecule has 0 fully saturated rings. The van der Waals surface area contributed by atoms with E-state index >= 15 is 0 Å². The summed E-state index contributed by atoms with van der Waals surface area (Å²) in [5.74, 6) is -0.839. The molecule has 1 unspecified atom stereocenters. The molecule has 1 aliphatic rings. The second-order valence-corrected chi connectivity index (χ2v) is 5.54. The Hall–Kier alpha value is -1.85. The molecule has 1 aromatic heterocycles. The van der Waals surface area contributed by atoms with E-state index in [1.807, 2.05) is 6.92 Å². The summed E-state index contributed by atoms with van der Waals surface area (Å²) in [5, 5.41) is 16.8. The molecule has 5 heteroatoms. The maximum absolute atomic E-state index is 11.6. The Labute approximate surface area is 124 Å². The summed E-state index contributed by atoms with van der Waals surface area (Å²) >= 11 is 0. The lowest BCUT2D eigenvalue weighted by molar-refractivity contribution is -0.139. The third-order valence-electron chi connectivity index (χ3n) is 4.46. The van der Waals surface area contributed by atoms with Crippen LogP contribution in [0.1, 0.15) is 35.3 Å². The van der Waals surface area contributed by atoms with E-state index in [0.29, 0.717) is 0 Å². The maximum Gasteiger partial charge on any atom is 0.325 e. The normalized spacial score (nSPS) is 15.4. The largest absolute Gasteiger partial charge is 0.480 e. The Morgan fingerprint density at radius 3 is 2.67 bits per heavy atom. The van der Waals surface area contributed by atoms with Gasteiger partial charge < -0.3 is 20.3 Å². The third-order valence-corrected chi connectivity index (χ3v) is 4.46. The third kappa shape index (κ3) is 2.04. The van der Waals surface area contributed by atoms with Gasteiger partial charge in [0.15, 0.2) is 0 Å². The minimum absolute atomic E-state index is 0.673. The average Bonchev–Trinajstić information content (AvgIpc) is 3.00. The number of benzene rings is 1. The van der Waals surface area contributed by atoms with Crippen molar-refractivity contribution in [3.05, 3.63) is 34.5 Å². The van der Waals surface area contributed by atoms with Gasteiger partial charge in [0.2, 0.25) is 0 Å². The van der Waals surface area contributed by atoms with Crippen molar-refractivity contribution in [1.82, 2.24) is 15.2 Å². The van der Waals surface area contributed by atoms with Crippen LogP contribution >= 0.6 is 0 Å². The van der Waals surface area contributed by atoms with E-state index in [0.717, 1.165) is 41.8 Å². The van der Waals surface area contributed by atoms with Crippen molar-refractivity contribution < 1.29 is 9.90 Å². The second-order valence-electron chi connectivity index (χ2n) is 5.54. The summed E-state index contributed by atoms with van der Waals surface area (Å²) in [6.07, 6.45) is 0. The number of hydrogen-bond acceptors (Lipinski definition) is 3. The molecule has 0 spiro atoms. The van der Waals surface area contributed by atoms with Gasteiger partial charge in [-0.1, -0.05) is 0 Å². The zero-order valence-electron chi connectivity index (χ0n) is 12.7. The predicted molar refractivity (Wildman–Crippen MR) is 82.3 cm³/mol. The van der Waals surface area contributed by atoms with E-state index in [1.54, 1.807) is 7.05 Å². The molecule has 5 nitrogen and oxygen atoms in total. The summed E-state index contributed by atoms with van der Waals surface area (Å²) in [6, 6.07) is 3.69. The second kappa shape index (κ2) is 5.16. The molecule has 0 aliphatic carbocycles. The van der Waals surface area contributed by atoms with Gasteiger partial charge in [0.1, 0.15) is 6.04 Å². The number of carbonyl (C=O) groups is 1. The van der Waals surface area contributed by atoms with E-state index in [9.17, 15) is 9.90 Å². The Bertz CT molecular complexity index is 718. The molecule has 21 heavy (non-hydrogen) atoms. The smallest absolute Gasteiger partial charge is 0.325 e. The van der Waals surface area contributed by atoms with Crippen molar-refractivity contribution in [3.8, 4) is 0 Å². The summed E-state index contributed by atoms with van der Waals surface area (Å²) < 4.78 is 2.20. The molecule has 1 atom stereocenters. The molecule has 2 heterocycles. The highest BCUT2D eigenvalue weighted by Gasteiger charge is 2.27. The van der Waals surface area contributed by atoms with Gasteiger partial charge in [0.25, 0.3) is 0 Å². The first-order chi connectivity index (χ1) is 10.1. The van der Waals surface area contributed by atoms with E-state index in [4.69, 9.17) is 0 Å². The average molecular weight is 287 g/mol. The summed E-state index contributed by atoms with van der Waals surface area (Å²) in [6.45, 7) is 6.69. The van der Waals surface area contributed by atoms with Crippen LogP contribution in [0.15, 0.2) is 12.1 Å². The lowest BCUT2D eigenvalue weighted by atomic mass is 10.00. The van der Waals surface area contributed by atoms with Gasteiger partial charge >= 0.3 is 5.97 Å². The Morgan fingerprint density at radius 2 is 2.10 bits per heavy atom. The number of fused-ring (bicyclic) bond motifs is 2. The monoisotopic (exact) mass is 287 g/mol. The van der Waals surface area contributed by atoms with Crippen LogP contribution in [0.4, 0.5) is 0 Å². The minimum atomic E-state index is -0.839. The molecule has 112 valence electrons. The molecule has 3 rings (SSSR count). The van der Waals surface area contributed by atoms with Crippen molar-refractivity contribution in [2.24, 2.45) is 0 Å². The fraction of sp³-hybridized carbons (Fsp3) is 0.438. The van der Waals surface area contributed by atoms with Crippen LogP contribution in [0.2, 0.25) is 0 Å². The standard InChI is InChI=1S/C16H21N3O2/c1-4-19-9(2)14(15(17-3)16(20)21)12-5-10-7-18-8-11(10)6-13(12)19/h5-6,15,17-18H,4,7-8H2,1-3H3,(H,20,21). The van der Waals surface area contributed by atoms with Crippen LogP contribution in [-0.2, 0) is 24.4 Å². The molecule has 1 aromatic carbocycles. The van der Waals surface area contributed by atoms with Crippen LogP contribution in [-0.4, -0.2) is 22.7 Å². The van der Waals surface area contributed by atoms with Gasteiger partial charge in [-0.2, -0.15) is 0 Å². The highest BCUT2D eigenvalue weighted by Crippen LogP contribution is 2.34. The summed E-state index contributed by atoms with van der Waals surface area (Å²) in [5.41, 5.74) is 5.64. The van der Waals surface area contributed by atoms with Crippen molar-refractivity contribution >= 4 is 16.9 Å². The molecule has 0 amide bonds. The fourth-order valence-electron chi connectivity index (χ4n) is 3.46. The molecule has 0 saturated heterocycles. The van der Waals surface area contributed by atoms with Crippen molar-refractivity contribution in [3.63, 3.8) is 0 Å². The number of rotatable bonds is 4. The molecule has 1 aliphatic heterocycles. The highest BCUT2D eigenvalue weighted by molar-refractivity contribution is 5.92. The van der Waals surface area contributed by atoms with Gasteiger partial charge in [-0.3, -0.25) is 4.79 Å². The molecule has 3 N–H and O–H groups in total. The first-order valence-electron chi connectivity index (χ1n) is 7.33. The van der Waals surface area contributed by atoms with Gasteiger partial charge in [-0.25, -0.2) is 0 Å². The number of aryl methyl sites for hydroxylation is 1.